The van der Waals surface area contributed by atoms with Crippen LogP contribution in [0.4, 0.5) is 0 Å². The third kappa shape index (κ3) is 3.81. The van der Waals surface area contributed by atoms with Gasteiger partial charge in [-0.15, -0.1) is 0 Å². The Morgan fingerprint density at radius 2 is 2.05 bits per heavy atom. The van der Waals surface area contributed by atoms with E-state index in [0.717, 1.165) is 28.8 Å². The third-order valence-electron chi connectivity index (χ3n) is 3.56. The lowest BCUT2D eigenvalue weighted by atomic mass is 10.1. The molecular formula is C12H23BrN4O2S. The zero-order chi connectivity index (χ0) is 15.5. The molecule has 0 amide bonds. The van der Waals surface area contributed by atoms with Crippen molar-refractivity contribution in [3.63, 3.8) is 0 Å². The quantitative estimate of drug-likeness (QED) is 0.555. The SMILES string of the molecule is CCc1nn(CC)c(CC(NN)C(C)S(C)(=O)=O)c1Br. The number of hydrogen-bond donors (Lipinski definition) is 2. The highest BCUT2D eigenvalue weighted by atomic mass is 79.9. The van der Waals surface area contributed by atoms with Crippen LogP contribution in [0.2, 0.25) is 0 Å². The first-order valence-electron chi connectivity index (χ1n) is 6.65. The molecule has 0 spiro atoms. The van der Waals surface area contributed by atoms with Crippen molar-refractivity contribution in [1.29, 1.82) is 0 Å². The van der Waals surface area contributed by atoms with Crippen LogP contribution in [0.3, 0.4) is 0 Å². The fourth-order valence-corrected chi connectivity index (χ4v) is 3.58. The van der Waals surface area contributed by atoms with Gasteiger partial charge in [-0.25, -0.2) is 8.42 Å². The molecule has 0 bridgehead atoms. The molecule has 20 heavy (non-hydrogen) atoms. The maximum absolute atomic E-state index is 11.7. The molecule has 6 nitrogen and oxygen atoms in total. The molecule has 3 N–H and O–H groups in total. The topological polar surface area (TPSA) is 90.0 Å². The minimum Gasteiger partial charge on any atom is -0.271 e. The minimum atomic E-state index is -3.15. The van der Waals surface area contributed by atoms with E-state index in [1.165, 1.54) is 6.26 Å². The number of nitrogens with two attached hydrogens (primary N) is 1. The normalized spacial score (nSPS) is 15.3. The van der Waals surface area contributed by atoms with Gasteiger partial charge in [0.25, 0.3) is 0 Å². The molecule has 0 aliphatic heterocycles. The van der Waals surface area contributed by atoms with Crippen LogP contribution in [-0.4, -0.2) is 35.7 Å². The van der Waals surface area contributed by atoms with Gasteiger partial charge in [0.2, 0.25) is 0 Å². The van der Waals surface area contributed by atoms with Crippen molar-refractivity contribution >= 4 is 25.8 Å². The monoisotopic (exact) mass is 366 g/mol. The summed E-state index contributed by atoms with van der Waals surface area (Å²) < 4.78 is 26.2. The fourth-order valence-electron chi connectivity index (χ4n) is 2.08. The first-order chi connectivity index (χ1) is 9.26. The van der Waals surface area contributed by atoms with Crippen LogP contribution in [0.5, 0.6) is 0 Å². The van der Waals surface area contributed by atoms with Crippen molar-refractivity contribution in [1.82, 2.24) is 15.2 Å². The number of hydrazine groups is 1. The van der Waals surface area contributed by atoms with Crippen molar-refractivity contribution in [2.75, 3.05) is 6.26 Å². The molecule has 0 aliphatic carbocycles. The van der Waals surface area contributed by atoms with Crippen molar-refractivity contribution in [3.05, 3.63) is 15.9 Å². The Balaban J connectivity index is 3.10. The second kappa shape index (κ2) is 7.02. The van der Waals surface area contributed by atoms with Gasteiger partial charge in [0.1, 0.15) is 0 Å². The largest absolute Gasteiger partial charge is 0.271 e. The third-order valence-corrected chi connectivity index (χ3v) is 6.16. The van der Waals surface area contributed by atoms with Crippen LogP contribution in [0.15, 0.2) is 4.47 Å². The Bertz CT molecular complexity index is 556. The number of sulfone groups is 1. The molecule has 2 atom stereocenters. The second-order valence-electron chi connectivity index (χ2n) is 4.89. The predicted octanol–water partition coefficient (Wildman–Crippen LogP) is 1.04. The van der Waals surface area contributed by atoms with Gasteiger partial charge in [-0.2, -0.15) is 5.10 Å². The number of nitrogens with zero attached hydrogens (tertiary/aromatic N) is 2. The molecule has 0 saturated heterocycles. The van der Waals surface area contributed by atoms with E-state index in [9.17, 15) is 8.42 Å². The molecule has 1 aromatic rings. The highest BCUT2D eigenvalue weighted by molar-refractivity contribution is 9.10. The smallest absolute Gasteiger partial charge is 0.151 e. The van der Waals surface area contributed by atoms with Gasteiger partial charge in [-0.3, -0.25) is 16.0 Å². The summed E-state index contributed by atoms with van der Waals surface area (Å²) >= 11 is 3.56. The summed E-state index contributed by atoms with van der Waals surface area (Å²) in [4.78, 5) is 0. The Hall–Kier alpha value is -0.440. The summed E-state index contributed by atoms with van der Waals surface area (Å²) in [5.41, 5.74) is 4.57. The van der Waals surface area contributed by atoms with Gasteiger partial charge < -0.3 is 0 Å². The number of halogens is 1. The van der Waals surface area contributed by atoms with Gasteiger partial charge >= 0.3 is 0 Å². The Kier molecular flexibility index (Phi) is 6.18. The van der Waals surface area contributed by atoms with E-state index in [2.05, 4.69) is 26.5 Å². The van der Waals surface area contributed by atoms with Crippen LogP contribution in [0.1, 0.15) is 32.2 Å². The van der Waals surface area contributed by atoms with Crippen LogP contribution >= 0.6 is 15.9 Å². The van der Waals surface area contributed by atoms with Gasteiger partial charge in [-0.1, -0.05) is 6.92 Å². The van der Waals surface area contributed by atoms with E-state index < -0.39 is 15.1 Å². The van der Waals surface area contributed by atoms with Crippen molar-refractivity contribution in [3.8, 4) is 0 Å². The van der Waals surface area contributed by atoms with Crippen LogP contribution in [0, 0.1) is 0 Å². The molecule has 0 radical (unpaired) electrons. The standard InChI is InChI=1S/C12H23BrN4O2S/c1-5-9-12(13)11(17(6-2)16-9)7-10(15-14)8(3)20(4,18)19/h8,10,15H,5-7,14H2,1-4H3. The Morgan fingerprint density at radius 1 is 1.45 bits per heavy atom. The first kappa shape index (κ1) is 17.6. The molecule has 0 saturated carbocycles. The summed E-state index contributed by atoms with van der Waals surface area (Å²) in [5, 5.41) is 3.94. The Labute approximate surface area is 129 Å². The van der Waals surface area contributed by atoms with Crippen LogP contribution < -0.4 is 11.3 Å². The summed E-state index contributed by atoms with van der Waals surface area (Å²) in [6.07, 6.45) is 2.56. The molecule has 1 heterocycles. The van der Waals surface area contributed by atoms with E-state index in [1.54, 1.807) is 6.92 Å². The van der Waals surface area contributed by atoms with Gasteiger partial charge in [0.15, 0.2) is 9.84 Å². The first-order valence-corrected chi connectivity index (χ1v) is 9.39. The van der Waals surface area contributed by atoms with Crippen molar-refractivity contribution < 1.29 is 8.42 Å². The van der Waals surface area contributed by atoms with E-state index >= 15 is 0 Å². The average Bonchev–Trinajstić information content (AvgIpc) is 2.70. The molecule has 116 valence electrons. The maximum Gasteiger partial charge on any atom is 0.151 e. The summed E-state index contributed by atoms with van der Waals surface area (Å²) in [5.74, 6) is 5.54. The summed E-state index contributed by atoms with van der Waals surface area (Å²) in [6, 6.07) is -0.354. The highest BCUT2D eigenvalue weighted by Gasteiger charge is 2.27. The van der Waals surface area contributed by atoms with Crippen LogP contribution in [0.25, 0.3) is 0 Å². The maximum atomic E-state index is 11.7. The average molecular weight is 367 g/mol. The lowest BCUT2D eigenvalue weighted by Gasteiger charge is -2.22. The van der Waals surface area contributed by atoms with Crippen molar-refractivity contribution in [2.45, 2.75) is 51.4 Å². The molecule has 1 rings (SSSR count). The lowest BCUT2D eigenvalue weighted by Crippen LogP contribution is -2.47. The second-order valence-corrected chi connectivity index (χ2v) is 8.08. The molecule has 0 fully saturated rings. The lowest BCUT2D eigenvalue weighted by molar-refractivity contribution is 0.475. The number of nitrogens with one attached hydrogen (secondary N) is 1. The zero-order valence-corrected chi connectivity index (χ0v) is 14.8. The molecule has 2 unspecified atom stereocenters. The van der Waals surface area contributed by atoms with E-state index in [-0.39, 0.29) is 6.04 Å². The highest BCUT2D eigenvalue weighted by Crippen LogP contribution is 2.24. The van der Waals surface area contributed by atoms with Crippen LogP contribution in [-0.2, 0) is 29.2 Å². The zero-order valence-electron chi connectivity index (χ0n) is 12.4. The Morgan fingerprint density at radius 3 is 2.45 bits per heavy atom. The van der Waals surface area contributed by atoms with Gasteiger partial charge in [0, 0.05) is 25.3 Å². The number of rotatable bonds is 7. The molecule has 8 heteroatoms. The predicted molar refractivity (Wildman–Crippen MR) is 84.1 cm³/mol. The van der Waals surface area contributed by atoms with Crippen molar-refractivity contribution in [2.24, 2.45) is 5.84 Å². The van der Waals surface area contributed by atoms with Gasteiger partial charge in [-0.05, 0) is 36.2 Å². The van der Waals surface area contributed by atoms with E-state index in [4.69, 9.17) is 5.84 Å². The summed E-state index contributed by atoms with van der Waals surface area (Å²) in [6.45, 7) is 6.45. The molecule has 1 aromatic heterocycles. The van der Waals surface area contributed by atoms with Gasteiger partial charge in [0.05, 0.1) is 21.1 Å². The molecular weight excluding hydrogens is 344 g/mol. The minimum absolute atomic E-state index is 0.354. The molecule has 0 aliphatic rings. The molecule has 0 aromatic carbocycles. The van der Waals surface area contributed by atoms with E-state index in [0.29, 0.717) is 6.42 Å². The number of aryl methyl sites for hydroxylation is 2. The number of hydrogen-bond acceptors (Lipinski definition) is 5. The fraction of sp³-hybridized carbons (Fsp3) is 0.750. The van der Waals surface area contributed by atoms with E-state index in [1.807, 2.05) is 18.5 Å². The summed E-state index contributed by atoms with van der Waals surface area (Å²) in [7, 11) is -3.15. The number of aromatic nitrogens is 2.